The topological polar surface area (TPSA) is 52.6 Å². The van der Waals surface area contributed by atoms with Crippen molar-refractivity contribution in [2.24, 2.45) is 0 Å². The first-order valence-corrected chi connectivity index (χ1v) is 8.58. The molecule has 2 rings (SSSR count). The van der Waals surface area contributed by atoms with E-state index in [4.69, 9.17) is 14.2 Å². The summed E-state index contributed by atoms with van der Waals surface area (Å²) in [5.74, 6) is 0.563. The maximum Gasteiger partial charge on any atom is 0.220 e. The van der Waals surface area contributed by atoms with E-state index in [2.05, 4.69) is 10.3 Å². The lowest BCUT2D eigenvalue weighted by Gasteiger charge is -2.08. The predicted octanol–water partition coefficient (Wildman–Crippen LogP) is 3.68. The third kappa shape index (κ3) is 7.21. The van der Waals surface area contributed by atoms with Crippen LogP contribution < -0.4 is 10.1 Å². The predicted molar refractivity (Wildman–Crippen MR) is 102 cm³/mol. The van der Waals surface area contributed by atoms with E-state index in [-0.39, 0.29) is 6.61 Å². The fourth-order valence-corrected chi connectivity index (χ4v) is 2.17. The molecule has 26 heavy (non-hydrogen) atoms. The van der Waals surface area contributed by atoms with E-state index >= 15 is 0 Å². The van der Waals surface area contributed by atoms with Crippen molar-refractivity contribution in [1.29, 1.82) is 0 Å². The zero-order valence-corrected chi connectivity index (χ0v) is 15.0. The lowest BCUT2D eigenvalue weighted by Crippen LogP contribution is -2.12. The Labute approximate surface area is 153 Å². The molecular formula is C20H25FN2O3. The summed E-state index contributed by atoms with van der Waals surface area (Å²) in [4.78, 5) is 4.27. The van der Waals surface area contributed by atoms with Crippen molar-refractivity contribution in [3.63, 3.8) is 0 Å². The molecule has 1 heterocycles. The van der Waals surface area contributed by atoms with Crippen molar-refractivity contribution in [3.05, 3.63) is 53.7 Å². The number of halogens is 1. The van der Waals surface area contributed by atoms with Crippen LogP contribution in [0.25, 0.3) is 12.2 Å². The van der Waals surface area contributed by atoms with Crippen LogP contribution in [-0.4, -0.2) is 51.7 Å². The molecule has 0 bridgehead atoms. The Bertz CT molecular complexity index is 662. The quantitative estimate of drug-likeness (QED) is 0.585. The van der Waals surface area contributed by atoms with Gasteiger partial charge in [-0.25, -0.2) is 9.37 Å². The highest BCUT2D eigenvalue weighted by molar-refractivity contribution is 5.72. The molecule has 0 saturated heterocycles. The molecule has 140 valence electrons. The van der Waals surface area contributed by atoms with E-state index in [1.165, 1.54) is 0 Å². The summed E-state index contributed by atoms with van der Waals surface area (Å²) in [5.41, 5.74) is 3.06. The minimum atomic E-state index is -0.473. The molecule has 0 spiro atoms. The van der Waals surface area contributed by atoms with Gasteiger partial charge in [0.2, 0.25) is 5.88 Å². The van der Waals surface area contributed by atoms with Crippen LogP contribution in [0.1, 0.15) is 11.1 Å². The van der Waals surface area contributed by atoms with Crippen LogP contribution in [-0.2, 0) is 9.47 Å². The van der Waals surface area contributed by atoms with Gasteiger partial charge >= 0.3 is 0 Å². The molecule has 0 fully saturated rings. The number of benzene rings is 1. The van der Waals surface area contributed by atoms with Gasteiger partial charge in [0.15, 0.2) is 0 Å². The molecule has 1 N–H and O–H groups in total. The summed E-state index contributed by atoms with van der Waals surface area (Å²) < 4.78 is 27.9. The van der Waals surface area contributed by atoms with E-state index in [1.807, 2.05) is 55.6 Å². The van der Waals surface area contributed by atoms with Crippen molar-refractivity contribution in [2.75, 3.05) is 52.1 Å². The van der Waals surface area contributed by atoms with E-state index in [1.54, 1.807) is 6.20 Å². The van der Waals surface area contributed by atoms with Gasteiger partial charge < -0.3 is 19.5 Å². The lowest BCUT2D eigenvalue weighted by atomic mass is 10.1. The average molecular weight is 360 g/mol. The smallest absolute Gasteiger partial charge is 0.220 e. The van der Waals surface area contributed by atoms with Crippen LogP contribution >= 0.6 is 0 Å². The Balaban J connectivity index is 1.80. The van der Waals surface area contributed by atoms with E-state index in [0.29, 0.717) is 32.3 Å². The normalized spacial score (nSPS) is 11.0. The van der Waals surface area contributed by atoms with Gasteiger partial charge in [-0.1, -0.05) is 18.2 Å². The number of ether oxygens (including phenoxy) is 3. The Hall–Kier alpha value is -2.44. The second-order valence-corrected chi connectivity index (χ2v) is 5.37. The number of nitrogens with zero attached hydrogens (tertiary/aromatic N) is 1. The van der Waals surface area contributed by atoms with Crippen LogP contribution in [0.2, 0.25) is 0 Å². The van der Waals surface area contributed by atoms with Crippen LogP contribution in [0.3, 0.4) is 0 Å². The van der Waals surface area contributed by atoms with Gasteiger partial charge in [0.25, 0.3) is 0 Å². The number of rotatable bonds is 12. The molecule has 0 aliphatic rings. The maximum atomic E-state index is 11.9. The van der Waals surface area contributed by atoms with Crippen LogP contribution in [0.15, 0.2) is 42.6 Å². The number of anilines is 1. The number of hydrogen-bond donors (Lipinski definition) is 1. The Kier molecular flexibility index (Phi) is 9.18. The van der Waals surface area contributed by atoms with Crippen molar-refractivity contribution >= 4 is 17.8 Å². The van der Waals surface area contributed by atoms with E-state index < -0.39 is 6.67 Å². The molecule has 0 amide bonds. The van der Waals surface area contributed by atoms with Gasteiger partial charge in [-0.05, 0) is 35.9 Å². The molecule has 2 aromatic rings. The zero-order chi connectivity index (χ0) is 18.5. The van der Waals surface area contributed by atoms with Crippen LogP contribution in [0.5, 0.6) is 5.88 Å². The van der Waals surface area contributed by atoms with Gasteiger partial charge in [-0.2, -0.15) is 0 Å². The summed E-state index contributed by atoms with van der Waals surface area (Å²) in [7, 11) is 1.89. The van der Waals surface area contributed by atoms with Crippen molar-refractivity contribution in [3.8, 4) is 5.88 Å². The molecule has 0 atom stereocenters. The number of pyridine rings is 1. The van der Waals surface area contributed by atoms with Crippen LogP contribution in [0, 0.1) is 0 Å². The third-order valence-corrected chi connectivity index (χ3v) is 3.52. The largest absolute Gasteiger partial charge is 0.475 e. The van der Waals surface area contributed by atoms with E-state index in [0.717, 1.165) is 16.8 Å². The third-order valence-electron chi connectivity index (χ3n) is 3.52. The first-order valence-electron chi connectivity index (χ1n) is 8.58. The van der Waals surface area contributed by atoms with Gasteiger partial charge in [-0.3, -0.25) is 0 Å². The Morgan fingerprint density at radius 1 is 0.962 bits per heavy atom. The highest BCUT2D eigenvalue weighted by Gasteiger charge is 2.02. The standard InChI is InChI=1S/C20H25FN2O3/c1-22-19-8-5-17(6-9-19)4-7-18-3-2-11-23-20(18)26-16-15-25-14-13-24-12-10-21/h2-9,11,22H,10,12-16H2,1H3. The van der Waals surface area contributed by atoms with Crippen molar-refractivity contribution < 1.29 is 18.6 Å². The lowest BCUT2D eigenvalue weighted by molar-refractivity contribution is 0.0320. The minimum absolute atomic E-state index is 0.112. The van der Waals surface area contributed by atoms with Gasteiger partial charge in [0.1, 0.15) is 13.3 Å². The fourth-order valence-electron chi connectivity index (χ4n) is 2.17. The molecule has 0 radical (unpaired) electrons. The molecule has 1 aromatic carbocycles. The molecule has 1 aromatic heterocycles. The van der Waals surface area contributed by atoms with Crippen LogP contribution in [0.4, 0.5) is 10.1 Å². The molecule has 0 saturated carbocycles. The number of nitrogens with one attached hydrogen (secondary N) is 1. The SMILES string of the molecule is CNc1ccc(C=Cc2cccnc2OCCOCCOCCF)cc1. The minimum Gasteiger partial charge on any atom is -0.475 e. The molecular weight excluding hydrogens is 335 g/mol. The molecule has 0 aliphatic heterocycles. The zero-order valence-electron chi connectivity index (χ0n) is 15.0. The highest BCUT2D eigenvalue weighted by atomic mass is 19.1. The second-order valence-electron chi connectivity index (χ2n) is 5.37. The van der Waals surface area contributed by atoms with Gasteiger partial charge in [0.05, 0.1) is 26.4 Å². The Morgan fingerprint density at radius 2 is 1.69 bits per heavy atom. The summed E-state index contributed by atoms with van der Waals surface area (Å²) in [6.07, 6.45) is 5.68. The maximum absolute atomic E-state index is 11.9. The molecule has 0 aliphatic carbocycles. The fraction of sp³-hybridized carbons (Fsp3) is 0.350. The molecule has 6 heteroatoms. The Morgan fingerprint density at radius 3 is 2.42 bits per heavy atom. The monoisotopic (exact) mass is 360 g/mol. The van der Waals surface area contributed by atoms with Crippen molar-refractivity contribution in [1.82, 2.24) is 4.98 Å². The number of aromatic nitrogens is 1. The first kappa shape index (κ1) is 19.9. The number of hydrogen-bond acceptors (Lipinski definition) is 5. The summed E-state index contributed by atoms with van der Waals surface area (Å²) in [5, 5.41) is 3.09. The number of alkyl halides is 1. The molecule has 5 nitrogen and oxygen atoms in total. The van der Waals surface area contributed by atoms with Gasteiger partial charge in [0, 0.05) is 24.5 Å². The summed E-state index contributed by atoms with van der Waals surface area (Å²) in [6, 6.07) is 11.9. The summed E-state index contributed by atoms with van der Waals surface area (Å²) >= 11 is 0. The molecule has 0 unspecified atom stereocenters. The average Bonchev–Trinajstić information content (AvgIpc) is 2.69. The first-order chi connectivity index (χ1) is 12.8. The second kappa shape index (κ2) is 12.0. The van der Waals surface area contributed by atoms with E-state index in [9.17, 15) is 4.39 Å². The highest BCUT2D eigenvalue weighted by Crippen LogP contribution is 2.18. The van der Waals surface area contributed by atoms with Crippen molar-refractivity contribution in [2.45, 2.75) is 0 Å². The summed E-state index contributed by atoms with van der Waals surface area (Å²) in [6.45, 7) is 1.25. The van der Waals surface area contributed by atoms with Gasteiger partial charge in [-0.15, -0.1) is 0 Å².